The van der Waals surface area contributed by atoms with Crippen LogP contribution in [0.25, 0.3) is 0 Å². The third-order valence-corrected chi connectivity index (χ3v) is 4.87. The molecular weight excluding hydrogens is 397 g/mol. The molecule has 0 aliphatic carbocycles. The van der Waals surface area contributed by atoms with Gasteiger partial charge < -0.3 is 25.0 Å². The highest BCUT2D eigenvalue weighted by molar-refractivity contribution is 5.80. The molecule has 1 aromatic carbocycles. The summed E-state index contributed by atoms with van der Waals surface area (Å²) in [5.41, 5.74) is 0.966. The van der Waals surface area contributed by atoms with E-state index in [0.717, 1.165) is 25.1 Å². The first-order valence-electron chi connectivity index (χ1n) is 10.3. The van der Waals surface area contributed by atoms with Gasteiger partial charge in [-0.2, -0.15) is 0 Å². The highest BCUT2D eigenvalue weighted by atomic mass is 19.1. The predicted octanol–water partition coefficient (Wildman–Crippen LogP) is 2.58. The minimum Gasteiger partial charge on any atom is -0.493 e. The van der Waals surface area contributed by atoms with Gasteiger partial charge in [0, 0.05) is 31.9 Å². The highest BCUT2D eigenvalue weighted by Crippen LogP contribution is 2.28. The van der Waals surface area contributed by atoms with Gasteiger partial charge in [-0.05, 0) is 43.2 Å². The van der Waals surface area contributed by atoms with E-state index in [4.69, 9.17) is 15.9 Å². The zero-order valence-electron chi connectivity index (χ0n) is 17.9. The Balaban J connectivity index is 1.64. The lowest BCUT2D eigenvalue weighted by Crippen LogP contribution is -2.44. The lowest BCUT2D eigenvalue weighted by molar-refractivity contribution is 0.330. The van der Waals surface area contributed by atoms with E-state index in [1.54, 1.807) is 19.4 Å². The number of anilines is 1. The van der Waals surface area contributed by atoms with Gasteiger partial charge in [-0.1, -0.05) is 12.0 Å². The second-order valence-corrected chi connectivity index (χ2v) is 7.06. The molecule has 8 heteroatoms. The number of hydrogen-bond donors (Lipinski definition) is 2. The molecule has 0 saturated carbocycles. The van der Waals surface area contributed by atoms with Gasteiger partial charge in [0.05, 0.1) is 13.7 Å². The molecule has 0 amide bonds. The summed E-state index contributed by atoms with van der Waals surface area (Å²) in [5, 5.41) is 6.71. The minimum absolute atomic E-state index is 0.143. The van der Waals surface area contributed by atoms with Gasteiger partial charge in [-0.3, -0.25) is 0 Å². The monoisotopic (exact) mass is 425 g/mol. The van der Waals surface area contributed by atoms with Crippen LogP contribution in [0.15, 0.2) is 41.5 Å². The molecule has 3 rings (SSSR count). The SMILES string of the molecule is C#CCOc1cc(CN=C(NCC)NC2CCN(c3ncccc3F)C2)ccc1OC. The molecule has 2 N–H and O–H groups in total. The van der Waals surface area contributed by atoms with E-state index in [2.05, 4.69) is 26.5 Å². The number of halogens is 1. The molecule has 0 radical (unpaired) electrons. The van der Waals surface area contributed by atoms with Crippen molar-refractivity contribution in [1.82, 2.24) is 15.6 Å². The normalized spacial score (nSPS) is 16.0. The van der Waals surface area contributed by atoms with Crippen molar-refractivity contribution >= 4 is 11.8 Å². The number of nitrogens with zero attached hydrogens (tertiary/aromatic N) is 3. The van der Waals surface area contributed by atoms with E-state index in [1.165, 1.54) is 6.07 Å². The number of benzene rings is 1. The molecule has 1 aliphatic rings. The van der Waals surface area contributed by atoms with Crippen molar-refractivity contribution in [3.05, 3.63) is 47.9 Å². The zero-order chi connectivity index (χ0) is 22.1. The number of methoxy groups -OCH3 is 1. The van der Waals surface area contributed by atoms with Gasteiger partial charge in [0.15, 0.2) is 29.1 Å². The van der Waals surface area contributed by atoms with Gasteiger partial charge in [-0.15, -0.1) is 6.42 Å². The van der Waals surface area contributed by atoms with Gasteiger partial charge >= 0.3 is 0 Å². The van der Waals surface area contributed by atoms with Gasteiger partial charge in [0.1, 0.15) is 6.61 Å². The fourth-order valence-corrected chi connectivity index (χ4v) is 3.42. The Labute approximate surface area is 182 Å². The number of nitrogens with one attached hydrogen (secondary N) is 2. The Morgan fingerprint density at radius 2 is 2.26 bits per heavy atom. The first-order chi connectivity index (χ1) is 15.1. The van der Waals surface area contributed by atoms with Crippen molar-refractivity contribution in [2.24, 2.45) is 4.99 Å². The van der Waals surface area contributed by atoms with Gasteiger partial charge in [-0.25, -0.2) is 14.4 Å². The number of rotatable bonds is 8. The molecule has 1 atom stereocenters. The summed E-state index contributed by atoms with van der Waals surface area (Å²) in [5.74, 6) is 4.48. The van der Waals surface area contributed by atoms with Crippen LogP contribution in [0.1, 0.15) is 18.9 Å². The molecule has 31 heavy (non-hydrogen) atoms. The first kappa shape index (κ1) is 22.2. The van der Waals surface area contributed by atoms with Gasteiger partial charge in [0.25, 0.3) is 0 Å². The van der Waals surface area contributed by atoms with E-state index >= 15 is 0 Å². The average molecular weight is 426 g/mol. The van der Waals surface area contributed by atoms with Crippen LogP contribution in [0.2, 0.25) is 0 Å². The van der Waals surface area contributed by atoms with Crippen LogP contribution in [-0.4, -0.2) is 50.3 Å². The molecule has 1 aromatic heterocycles. The molecular formula is C23H28FN5O2. The number of guanidine groups is 1. The summed E-state index contributed by atoms with van der Waals surface area (Å²) in [4.78, 5) is 10.8. The van der Waals surface area contributed by atoms with E-state index in [9.17, 15) is 4.39 Å². The average Bonchev–Trinajstić information content (AvgIpc) is 3.24. The van der Waals surface area contributed by atoms with Crippen LogP contribution in [0.4, 0.5) is 10.2 Å². The maximum absolute atomic E-state index is 14.0. The third kappa shape index (κ3) is 6.01. The van der Waals surface area contributed by atoms with Crippen LogP contribution in [0.5, 0.6) is 11.5 Å². The Morgan fingerprint density at radius 3 is 3.00 bits per heavy atom. The second kappa shape index (κ2) is 11.1. The molecule has 1 fully saturated rings. The van der Waals surface area contributed by atoms with E-state index in [1.807, 2.05) is 30.0 Å². The van der Waals surface area contributed by atoms with Crippen molar-refractivity contribution in [2.75, 3.05) is 38.3 Å². The van der Waals surface area contributed by atoms with Crippen molar-refractivity contribution in [2.45, 2.75) is 25.9 Å². The molecule has 7 nitrogen and oxygen atoms in total. The summed E-state index contributed by atoms with van der Waals surface area (Å²) < 4.78 is 24.9. The molecule has 2 heterocycles. The van der Waals surface area contributed by atoms with Crippen LogP contribution in [0, 0.1) is 18.2 Å². The third-order valence-electron chi connectivity index (χ3n) is 4.87. The van der Waals surface area contributed by atoms with Crippen LogP contribution < -0.4 is 25.0 Å². The van der Waals surface area contributed by atoms with Gasteiger partial charge in [0.2, 0.25) is 0 Å². The molecule has 0 bridgehead atoms. The fourth-order valence-electron chi connectivity index (χ4n) is 3.42. The molecule has 1 aliphatic heterocycles. The Kier molecular flexibility index (Phi) is 7.93. The van der Waals surface area contributed by atoms with Crippen molar-refractivity contribution in [3.63, 3.8) is 0 Å². The smallest absolute Gasteiger partial charge is 0.191 e. The van der Waals surface area contributed by atoms with E-state index in [-0.39, 0.29) is 18.5 Å². The Morgan fingerprint density at radius 1 is 1.39 bits per heavy atom. The van der Waals surface area contributed by atoms with Crippen LogP contribution in [0.3, 0.4) is 0 Å². The summed E-state index contributed by atoms with van der Waals surface area (Å²) in [6.07, 6.45) is 7.77. The molecule has 1 unspecified atom stereocenters. The van der Waals surface area contributed by atoms with Crippen molar-refractivity contribution in [1.29, 1.82) is 0 Å². The summed E-state index contributed by atoms with van der Waals surface area (Å²) in [6.45, 7) is 4.76. The number of terminal acetylenes is 1. The summed E-state index contributed by atoms with van der Waals surface area (Å²) in [7, 11) is 1.59. The largest absolute Gasteiger partial charge is 0.493 e. The number of hydrogen-bond acceptors (Lipinski definition) is 5. The van der Waals surface area contributed by atoms with E-state index in [0.29, 0.717) is 36.4 Å². The Hall–Kier alpha value is -3.47. The maximum atomic E-state index is 14.0. The number of aromatic nitrogens is 1. The zero-order valence-corrected chi connectivity index (χ0v) is 17.9. The van der Waals surface area contributed by atoms with Crippen LogP contribution in [-0.2, 0) is 6.54 Å². The predicted molar refractivity (Wildman–Crippen MR) is 120 cm³/mol. The quantitative estimate of drug-likeness (QED) is 0.385. The lowest BCUT2D eigenvalue weighted by atomic mass is 10.2. The minimum atomic E-state index is -0.300. The maximum Gasteiger partial charge on any atom is 0.191 e. The van der Waals surface area contributed by atoms with Crippen molar-refractivity contribution in [3.8, 4) is 23.8 Å². The molecule has 1 saturated heterocycles. The number of pyridine rings is 1. The Bertz CT molecular complexity index is 944. The second-order valence-electron chi connectivity index (χ2n) is 7.06. The van der Waals surface area contributed by atoms with Crippen molar-refractivity contribution < 1.29 is 13.9 Å². The topological polar surface area (TPSA) is 71.0 Å². The fraction of sp³-hybridized carbons (Fsp3) is 0.391. The van der Waals surface area contributed by atoms with E-state index < -0.39 is 0 Å². The molecule has 2 aromatic rings. The summed E-state index contributed by atoms with van der Waals surface area (Å²) >= 11 is 0. The molecule has 0 spiro atoms. The summed E-state index contributed by atoms with van der Waals surface area (Å²) in [6, 6.07) is 8.84. The first-order valence-corrected chi connectivity index (χ1v) is 10.3. The standard InChI is InChI=1S/C23H28FN5O2/c1-4-13-31-21-14-17(8-9-20(21)30-3)15-27-23(25-5-2)28-18-10-12-29(16-18)22-19(24)7-6-11-26-22/h1,6-9,11,14,18H,5,10,12-13,15-16H2,2-3H3,(H2,25,27,28). The number of aliphatic imine (C=N–C) groups is 1. The highest BCUT2D eigenvalue weighted by Gasteiger charge is 2.25. The lowest BCUT2D eigenvalue weighted by Gasteiger charge is -2.20. The molecule has 164 valence electrons. The number of ether oxygens (including phenoxy) is 2. The van der Waals surface area contributed by atoms with Crippen LogP contribution >= 0.6 is 0 Å².